The van der Waals surface area contributed by atoms with Gasteiger partial charge >= 0.3 is 0 Å². The van der Waals surface area contributed by atoms with Gasteiger partial charge in [0.2, 0.25) is 0 Å². The molecule has 1 aromatic heterocycles. The van der Waals surface area contributed by atoms with Gasteiger partial charge in [-0.05, 0) is 39.2 Å². The molecule has 2 aromatic rings. The predicted octanol–water partition coefficient (Wildman–Crippen LogP) is 3.76. The number of H-pyrrole nitrogens is 1. The summed E-state index contributed by atoms with van der Waals surface area (Å²) >= 11 is 0. The monoisotopic (exact) mass is 255 g/mol. The molecule has 3 heteroatoms. The minimum Gasteiger partial charge on any atom is -0.361 e. The first kappa shape index (κ1) is 12.3. The predicted molar refractivity (Wildman–Crippen MR) is 80.5 cm³/mol. The lowest BCUT2D eigenvalue weighted by Crippen LogP contribution is -2.39. The van der Waals surface area contributed by atoms with Crippen LogP contribution in [0.25, 0.3) is 10.9 Å². The van der Waals surface area contributed by atoms with E-state index in [2.05, 4.69) is 48.1 Å². The van der Waals surface area contributed by atoms with Crippen LogP contribution in [0.3, 0.4) is 0 Å². The van der Waals surface area contributed by atoms with E-state index in [1.54, 1.807) is 0 Å². The highest BCUT2D eigenvalue weighted by atomic mass is 15.5. The van der Waals surface area contributed by atoms with Crippen molar-refractivity contribution in [2.75, 3.05) is 0 Å². The van der Waals surface area contributed by atoms with Crippen molar-refractivity contribution in [2.24, 2.45) is 5.10 Å². The average molecular weight is 255 g/mol. The first-order valence-electron chi connectivity index (χ1n) is 7.14. The summed E-state index contributed by atoms with van der Waals surface area (Å²) in [6, 6.07) is 9.44. The Balaban J connectivity index is 1.85. The molecule has 2 unspecified atom stereocenters. The lowest BCUT2D eigenvalue weighted by molar-refractivity contribution is 0.109. The summed E-state index contributed by atoms with van der Waals surface area (Å²) in [5.41, 5.74) is 2.34. The number of nitrogens with zero attached hydrogens (tertiary/aromatic N) is 2. The Morgan fingerprint density at radius 3 is 2.74 bits per heavy atom. The molecule has 2 atom stereocenters. The molecule has 19 heavy (non-hydrogen) atoms. The summed E-state index contributed by atoms with van der Waals surface area (Å²) in [6.45, 7) is 4.53. The molecule has 1 N–H and O–H groups in total. The number of aromatic nitrogens is 1. The Morgan fingerprint density at radius 2 is 1.95 bits per heavy atom. The topological polar surface area (TPSA) is 31.4 Å². The van der Waals surface area contributed by atoms with E-state index < -0.39 is 0 Å². The third-order valence-electron chi connectivity index (χ3n) is 4.10. The van der Waals surface area contributed by atoms with Crippen LogP contribution >= 0.6 is 0 Å². The summed E-state index contributed by atoms with van der Waals surface area (Å²) in [6.07, 6.45) is 7.84. The van der Waals surface area contributed by atoms with Crippen LogP contribution in [-0.2, 0) is 0 Å². The zero-order chi connectivity index (χ0) is 13.2. The molecule has 3 nitrogen and oxygen atoms in total. The van der Waals surface area contributed by atoms with Gasteiger partial charge in [-0.2, -0.15) is 5.10 Å². The molecule has 0 aliphatic carbocycles. The number of benzene rings is 1. The highest BCUT2D eigenvalue weighted by molar-refractivity contribution is 5.98. The van der Waals surface area contributed by atoms with E-state index in [0.29, 0.717) is 12.1 Å². The van der Waals surface area contributed by atoms with Crippen LogP contribution in [0.1, 0.15) is 38.7 Å². The molecule has 100 valence electrons. The van der Waals surface area contributed by atoms with Crippen LogP contribution in [-0.4, -0.2) is 28.3 Å². The number of piperidine rings is 1. The van der Waals surface area contributed by atoms with E-state index in [-0.39, 0.29) is 0 Å². The number of aromatic amines is 1. The third-order valence-corrected chi connectivity index (χ3v) is 4.10. The van der Waals surface area contributed by atoms with Gasteiger partial charge in [0.05, 0.1) is 6.21 Å². The number of para-hydroxylation sites is 1. The Morgan fingerprint density at radius 1 is 1.21 bits per heavy atom. The summed E-state index contributed by atoms with van der Waals surface area (Å²) in [5, 5.41) is 8.22. The van der Waals surface area contributed by atoms with Crippen molar-refractivity contribution in [2.45, 2.75) is 45.2 Å². The number of fused-ring (bicyclic) bond motifs is 1. The second-order valence-electron chi connectivity index (χ2n) is 5.54. The summed E-state index contributed by atoms with van der Waals surface area (Å²) in [7, 11) is 0. The van der Waals surface area contributed by atoms with Crippen molar-refractivity contribution >= 4 is 17.1 Å². The fraction of sp³-hybridized carbons (Fsp3) is 0.438. The molecule has 1 saturated heterocycles. The standard InChI is InChI=1S/C16H21N3/c1-12-6-5-7-13(2)19(12)18-11-14-10-17-16-9-4-3-8-15(14)16/h3-4,8-13,17H,5-7H2,1-2H3/b18-11-. The highest BCUT2D eigenvalue weighted by Gasteiger charge is 2.22. The highest BCUT2D eigenvalue weighted by Crippen LogP contribution is 2.23. The SMILES string of the molecule is CC1CCCC(C)N1/N=C\c1c[nH]c2ccccc12. The van der Waals surface area contributed by atoms with Crippen LogP contribution in [0.2, 0.25) is 0 Å². The summed E-state index contributed by atoms with van der Waals surface area (Å²) in [4.78, 5) is 3.29. The van der Waals surface area contributed by atoms with Crippen molar-refractivity contribution in [3.63, 3.8) is 0 Å². The average Bonchev–Trinajstić information content (AvgIpc) is 2.82. The van der Waals surface area contributed by atoms with Gasteiger partial charge in [0, 0.05) is 34.7 Å². The molecule has 0 radical (unpaired) electrons. The van der Waals surface area contributed by atoms with Crippen molar-refractivity contribution in [3.05, 3.63) is 36.0 Å². The summed E-state index contributed by atoms with van der Waals surface area (Å²) < 4.78 is 0. The second kappa shape index (κ2) is 5.08. The lowest BCUT2D eigenvalue weighted by Gasteiger charge is -2.36. The number of rotatable bonds is 2. The zero-order valence-corrected chi connectivity index (χ0v) is 11.6. The molecule has 1 aliphatic heterocycles. The van der Waals surface area contributed by atoms with E-state index in [9.17, 15) is 0 Å². The van der Waals surface area contributed by atoms with Crippen molar-refractivity contribution < 1.29 is 0 Å². The lowest BCUT2D eigenvalue weighted by atomic mass is 10.00. The quantitative estimate of drug-likeness (QED) is 0.814. The molecule has 2 heterocycles. The van der Waals surface area contributed by atoms with Crippen LogP contribution in [0.5, 0.6) is 0 Å². The van der Waals surface area contributed by atoms with Crippen LogP contribution in [0.15, 0.2) is 35.6 Å². The van der Waals surface area contributed by atoms with Gasteiger partial charge in [-0.3, -0.25) is 5.01 Å². The minimum absolute atomic E-state index is 0.546. The Kier molecular flexibility index (Phi) is 3.28. The maximum atomic E-state index is 4.73. The van der Waals surface area contributed by atoms with E-state index in [1.807, 2.05) is 12.4 Å². The van der Waals surface area contributed by atoms with Crippen molar-refractivity contribution in [3.8, 4) is 0 Å². The number of hydrogen-bond acceptors (Lipinski definition) is 2. The van der Waals surface area contributed by atoms with Gasteiger partial charge in [-0.1, -0.05) is 18.2 Å². The second-order valence-corrected chi connectivity index (χ2v) is 5.54. The smallest absolute Gasteiger partial charge is 0.0564 e. The van der Waals surface area contributed by atoms with Gasteiger partial charge in [0.1, 0.15) is 0 Å². The molecule has 1 fully saturated rings. The largest absolute Gasteiger partial charge is 0.361 e. The van der Waals surface area contributed by atoms with E-state index in [4.69, 9.17) is 5.10 Å². The molecule has 0 amide bonds. The Bertz CT molecular complexity index is 574. The first-order valence-corrected chi connectivity index (χ1v) is 7.14. The molecular formula is C16H21N3. The zero-order valence-electron chi connectivity index (χ0n) is 11.6. The summed E-state index contributed by atoms with van der Waals surface area (Å²) in [5.74, 6) is 0. The third kappa shape index (κ3) is 2.37. The molecule has 0 saturated carbocycles. The number of nitrogens with one attached hydrogen (secondary N) is 1. The molecule has 0 bridgehead atoms. The van der Waals surface area contributed by atoms with Crippen LogP contribution in [0.4, 0.5) is 0 Å². The van der Waals surface area contributed by atoms with Crippen LogP contribution < -0.4 is 0 Å². The first-order chi connectivity index (χ1) is 9.25. The normalized spacial score (nSPS) is 24.4. The Hall–Kier alpha value is -1.77. The molecule has 0 spiro atoms. The fourth-order valence-electron chi connectivity index (χ4n) is 2.96. The maximum absolute atomic E-state index is 4.73. The van der Waals surface area contributed by atoms with Gasteiger partial charge in [-0.25, -0.2) is 0 Å². The van der Waals surface area contributed by atoms with E-state index >= 15 is 0 Å². The van der Waals surface area contributed by atoms with Gasteiger partial charge in [0.15, 0.2) is 0 Å². The van der Waals surface area contributed by atoms with Gasteiger partial charge < -0.3 is 4.98 Å². The Labute approximate surface area is 114 Å². The molecule has 1 aliphatic rings. The van der Waals surface area contributed by atoms with Gasteiger partial charge in [-0.15, -0.1) is 0 Å². The van der Waals surface area contributed by atoms with E-state index in [1.165, 1.54) is 35.7 Å². The number of hydrogen-bond donors (Lipinski definition) is 1. The molecular weight excluding hydrogens is 234 g/mol. The van der Waals surface area contributed by atoms with Gasteiger partial charge in [0.25, 0.3) is 0 Å². The molecule has 3 rings (SSSR count). The van der Waals surface area contributed by atoms with E-state index in [0.717, 1.165) is 0 Å². The maximum Gasteiger partial charge on any atom is 0.0564 e. The minimum atomic E-state index is 0.546. The van der Waals surface area contributed by atoms with Crippen molar-refractivity contribution in [1.82, 2.24) is 9.99 Å². The number of hydrazone groups is 1. The van der Waals surface area contributed by atoms with Crippen molar-refractivity contribution in [1.29, 1.82) is 0 Å². The fourth-order valence-corrected chi connectivity index (χ4v) is 2.96. The molecule has 1 aromatic carbocycles. The van der Waals surface area contributed by atoms with Crippen LogP contribution in [0, 0.1) is 0 Å².